The van der Waals surface area contributed by atoms with E-state index >= 15 is 0 Å². The van der Waals surface area contributed by atoms with Gasteiger partial charge in [0.2, 0.25) is 0 Å². The fraction of sp³-hybridized carbons (Fsp3) is 0.367. The van der Waals surface area contributed by atoms with Gasteiger partial charge in [0.25, 0.3) is 5.91 Å². The van der Waals surface area contributed by atoms with Crippen molar-refractivity contribution in [2.75, 3.05) is 43.5 Å². The average molecular weight is 593 g/mol. The molecule has 0 aromatic heterocycles. The Hall–Kier alpha value is -2.95. The SMILES string of the molecule is CCN1C(=O)/C(=C2/S/C(=C/c3ccc4c(c3)C3CCCC3N4c3ccc(N(C)C)cc3)CN2CC(=O)O)SC1=S. The summed E-state index contributed by atoms with van der Waals surface area (Å²) in [6.45, 7) is 2.69. The summed E-state index contributed by atoms with van der Waals surface area (Å²) in [7, 11) is 4.12. The van der Waals surface area contributed by atoms with Crippen LogP contribution in [0.1, 0.15) is 43.2 Å². The molecule has 2 aromatic rings. The minimum atomic E-state index is -0.922. The number of likely N-dealkylation sites (N-methyl/N-ethyl adjacent to an activating group) is 1. The summed E-state index contributed by atoms with van der Waals surface area (Å²) in [6.07, 6.45) is 5.75. The number of carbonyl (C=O) groups excluding carboxylic acids is 1. The highest BCUT2D eigenvalue weighted by Crippen LogP contribution is 2.53. The second kappa shape index (κ2) is 10.8. The lowest BCUT2D eigenvalue weighted by Gasteiger charge is -2.27. The molecule has 3 aliphatic heterocycles. The van der Waals surface area contributed by atoms with E-state index in [1.807, 2.05) is 6.92 Å². The van der Waals surface area contributed by atoms with Crippen molar-refractivity contribution in [2.45, 2.75) is 38.1 Å². The summed E-state index contributed by atoms with van der Waals surface area (Å²) >= 11 is 8.16. The van der Waals surface area contributed by atoms with Gasteiger partial charge in [0, 0.05) is 54.6 Å². The van der Waals surface area contributed by atoms with Gasteiger partial charge in [0.1, 0.15) is 15.8 Å². The molecule has 1 N–H and O–H groups in total. The van der Waals surface area contributed by atoms with Crippen molar-refractivity contribution in [1.29, 1.82) is 0 Å². The predicted octanol–water partition coefficient (Wildman–Crippen LogP) is 6.06. The second-order valence-electron chi connectivity index (χ2n) is 10.7. The highest BCUT2D eigenvalue weighted by Gasteiger charge is 2.42. The van der Waals surface area contributed by atoms with Gasteiger partial charge in [-0.05, 0) is 73.4 Å². The third-order valence-electron chi connectivity index (χ3n) is 8.04. The van der Waals surface area contributed by atoms with E-state index in [0.717, 1.165) is 10.5 Å². The van der Waals surface area contributed by atoms with E-state index in [1.54, 1.807) is 9.80 Å². The van der Waals surface area contributed by atoms with Crippen LogP contribution in [0.2, 0.25) is 0 Å². The molecule has 7 nitrogen and oxygen atoms in total. The maximum Gasteiger partial charge on any atom is 0.323 e. The molecular weight excluding hydrogens is 561 g/mol. The largest absolute Gasteiger partial charge is 0.480 e. The molecule has 3 heterocycles. The Labute approximate surface area is 248 Å². The Morgan fingerprint density at radius 1 is 1.15 bits per heavy atom. The van der Waals surface area contributed by atoms with Gasteiger partial charge in [0.05, 0.1) is 11.6 Å². The minimum absolute atomic E-state index is 0.139. The van der Waals surface area contributed by atoms with Crippen LogP contribution in [0.3, 0.4) is 0 Å². The molecule has 2 saturated heterocycles. The molecule has 0 spiro atoms. The van der Waals surface area contributed by atoms with Crippen LogP contribution < -0.4 is 9.80 Å². The molecule has 40 heavy (non-hydrogen) atoms. The van der Waals surface area contributed by atoms with E-state index in [9.17, 15) is 14.7 Å². The number of hydrogen-bond donors (Lipinski definition) is 1. The summed E-state index contributed by atoms with van der Waals surface area (Å²) in [5, 5.41) is 10.2. The summed E-state index contributed by atoms with van der Waals surface area (Å²) in [5.74, 6) is -0.554. The summed E-state index contributed by atoms with van der Waals surface area (Å²) in [6, 6.07) is 16.0. The number of fused-ring (bicyclic) bond motifs is 3. The van der Waals surface area contributed by atoms with E-state index in [0.29, 0.717) is 39.3 Å². The highest BCUT2D eigenvalue weighted by molar-refractivity contribution is 8.27. The van der Waals surface area contributed by atoms with Gasteiger partial charge in [-0.1, -0.05) is 48.2 Å². The molecule has 208 valence electrons. The topological polar surface area (TPSA) is 67.3 Å². The molecule has 0 radical (unpaired) electrons. The second-order valence-corrected chi connectivity index (χ2v) is 13.5. The van der Waals surface area contributed by atoms with Crippen LogP contribution in [0, 0.1) is 0 Å². The van der Waals surface area contributed by atoms with Gasteiger partial charge < -0.3 is 19.8 Å². The van der Waals surface area contributed by atoms with Crippen molar-refractivity contribution in [2.24, 2.45) is 0 Å². The van der Waals surface area contributed by atoms with E-state index in [4.69, 9.17) is 12.2 Å². The molecule has 1 amide bonds. The quantitative estimate of drug-likeness (QED) is 0.318. The standard InChI is InChI=1S/C30H32N4O3S3/c1-4-33-28(37)27(40-30(33)38)29-32(17-26(35)36)16-21(39-29)14-18-8-13-25-23(15-18)22-6-5-7-24(22)34(25)20-11-9-19(10-12-20)31(2)3/h8-15,22,24H,4-7,16-17H2,1-3H3,(H,35,36)/b21-14+,29-27-. The first kappa shape index (κ1) is 27.2. The molecule has 3 fully saturated rings. The number of rotatable bonds is 6. The predicted molar refractivity (Wildman–Crippen MR) is 169 cm³/mol. The van der Waals surface area contributed by atoms with Crippen molar-refractivity contribution in [1.82, 2.24) is 9.80 Å². The number of benzene rings is 2. The maximum atomic E-state index is 13.0. The summed E-state index contributed by atoms with van der Waals surface area (Å²) in [4.78, 5) is 34.2. The lowest BCUT2D eigenvalue weighted by atomic mass is 9.96. The number of thioether (sulfide) groups is 2. The summed E-state index contributed by atoms with van der Waals surface area (Å²) in [5.41, 5.74) is 6.20. The maximum absolute atomic E-state index is 13.0. The number of carbonyl (C=O) groups is 2. The molecule has 2 unspecified atom stereocenters. The number of nitrogens with zero attached hydrogens (tertiary/aromatic N) is 4. The molecule has 1 aliphatic carbocycles. The first-order valence-corrected chi connectivity index (χ1v) is 15.6. The highest BCUT2D eigenvalue weighted by atomic mass is 32.2. The van der Waals surface area contributed by atoms with Gasteiger partial charge in [0.15, 0.2) is 0 Å². The molecule has 4 aliphatic rings. The molecule has 10 heteroatoms. The zero-order chi connectivity index (χ0) is 28.1. The van der Waals surface area contributed by atoms with Crippen molar-refractivity contribution >= 4 is 75.1 Å². The first-order chi connectivity index (χ1) is 19.2. The zero-order valence-electron chi connectivity index (χ0n) is 22.8. The Morgan fingerprint density at radius 3 is 2.60 bits per heavy atom. The van der Waals surface area contributed by atoms with E-state index in [2.05, 4.69) is 72.4 Å². The monoisotopic (exact) mass is 592 g/mol. The lowest BCUT2D eigenvalue weighted by Crippen LogP contribution is -2.29. The third-order valence-corrected chi connectivity index (χ3v) is 10.8. The van der Waals surface area contributed by atoms with Crippen LogP contribution >= 0.6 is 35.7 Å². The van der Waals surface area contributed by atoms with Crippen molar-refractivity contribution in [3.05, 3.63) is 68.4 Å². The number of anilines is 3. The molecular formula is C30H32N4O3S3. The number of amides is 1. The number of hydrogen-bond acceptors (Lipinski definition) is 8. The number of carboxylic acids is 1. The van der Waals surface area contributed by atoms with Crippen LogP contribution in [-0.2, 0) is 9.59 Å². The lowest BCUT2D eigenvalue weighted by molar-refractivity contribution is -0.137. The molecule has 2 aromatic carbocycles. The number of aliphatic carboxylic acids is 1. The Kier molecular flexibility index (Phi) is 7.35. The Balaban J connectivity index is 1.31. The van der Waals surface area contributed by atoms with Crippen molar-refractivity contribution in [3.63, 3.8) is 0 Å². The fourth-order valence-electron chi connectivity index (χ4n) is 6.23. The molecule has 0 bridgehead atoms. The molecule has 2 atom stereocenters. The van der Waals surface area contributed by atoms with E-state index in [-0.39, 0.29) is 12.5 Å². The first-order valence-electron chi connectivity index (χ1n) is 13.6. The van der Waals surface area contributed by atoms with Crippen LogP contribution in [0.4, 0.5) is 17.1 Å². The minimum Gasteiger partial charge on any atom is -0.480 e. The van der Waals surface area contributed by atoms with Gasteiger partial charge in [-0.2, -0.15) is 0 Å². The van der Waals surface area contributed by atoms with E-state index in [1.165, 1.54) is 65.4 Å². The van der Waals surface area contributed by atoms with Gasteiger partial charge in [-0.3, -0.25) is 14.5 Å². The van der Waals surface area contributed by atoms with Crippen LogP contribution in [0.15, 0.2) is 57.3 Å². The van der Waals surface area contributed by atoms with E-state index < -0.39 is 5.97 Å². The third kappa shape index (κ3) is 4.80. The van der Waals surface area contributed by atoms with Gasteiger partial charge in [-0.15, -0.1) is 0 Å². The van der Waals surface area contributed by atoms with Crippen LogP contribution in [-0.4, -0.2) is 70.9 Å². The smallest absolute Gasteiger partial charge is 0.323 e. The number of thiocarbonyl (C=S) groups is 1. The van der Waals surface area contributed by atoms with Crippen molar-refractivity contribution < 1.29 is 14.7 Å². The van der Waals surface area contributed by atoms with Gasteiger partial charge in [-0.25, -0.2) is 0 Å². The van der Waals surface area contributed by atoms with Gasteiger partial charge >= 0.3 is 5.97 Å². The molecule has 1 saturated carbocycles. The normalized spacial score (nSPS) is 24.9. The fourth-order valence-corrected chi connectivity index (χ4v) is 8.96. The Morgan fingerprint density at radius 2 is 1.93 bits per heavy atom. The number of carboxylic acid groups (broad SMARTS) is 1. The summed E-state index contributed by atoms with van der Waals surface area (Å²) < 4.78 is 0.522. The van der Waals surface area contributed by atoms with Crippen molar-refractivity contribution in [3.8, 4) is 0 Å². The van der Waals surface area contributed by atoms with Crippen LogP contribution in [0.25, 0.3) is 6.08 Å². The zero-order valence-corrected chi connectivity index (χ0v) is 25.2. The molecule has 6 rings (SSSR count). The van der Waals surface area contributed by atoms with Crippen LogP contribution in [0.5, 0.6) is 0 Å². The average Bonchev–Trinajstić information content (AvgIpc) is 3.67. The Bertz CT molecular complexity index is 1450.